The third-order valence-corrected chi connectivity index (χ3v) is 3.88. The Morgan fingerprint density at radius 1 is 1.22 bits per heavy atom. The van der Waals surface area contributed by atoms with Crippen molar-refractivity contribution in [2.24, 2.45) is 0 Å². The number of pyridine rings is 1. The molecular weight excluding hydrogens is 224 g/mol. The number of hydrogen-bond donors (Lipinski definition) is 2. The van der Waals surface area contributed by atoms with E-state index >= 15 is 0 Å². The van der Waals surface area contributed by atoms with Crippen molar-refractivity contribution in [1.82, 2.24) is 4.98 Å². The molecule has 1 fully saturated rings. The van der Waals surface area contributed by atoms with Crippen molar-refractivity contribution in [3.63, 3.8) is 0 Å². The molecule has 94 valence electrons. The van der Waals surface area contributed by atoms with Crippen LogP contribution in [0.4, 0.5) is 5.82 Å². The Labute approximate surface area is 107 Å². The van der Waals surface area contributed by atoms with E-state index in [9.17, 15) is 5.11 Å². The second-order valence-electron chi connectivity index (χ2n) is 5.46. The fourth-order valence-corrected chi connectivity index (χ4v) is 2.82. The Hall–Kier alpha value is -1.77. The molecule has 0 aliphatic heterocycles. The van der Waals surface area contributed by atoms with E-state index in [4.69, 9.17) is 0 Å². The number of phenols is 1. The molecule has 0 radical (unpaired) electrons. The molecule has 0 bridgehead atoms. The maximum Gasteiger partial charge on any atom is 0.134 e. The predicted molar refractivity (Wildman–Crippen MR) is 73.9 cm³/mol. The number of aromatic nitrogens is 1. The van der Waals surface area contributed by atoms with Crippen LogP contribution >= 0.6 is 0 Å². The van der Waals surface area contributed by atoms with Crippen LogP contribution in [0.3, 0.4) is 0 Å². The van der Waals surface area contributed by atoms with Gasteiger partial charge < -0.3 is 10.4 Å². The lowest BCUT2D eigenvalue weighted by molar-refractivity contribution is 0.476. The molecule has 1 aromatic carbocycles. The molecule has 1 aromatic heterocycles. The van der Waals surface area contributed by atoms with Crippen LogP contribution in [0.15, 0.2) is 30.5 Å². The molecule has 0 unspecified atom stereocenters. The van der Waals surface area contributed by atoms with Gasteiger partial charge in [0.05, 0.1) is 0 Å². The van der Waals surface area contributed by atoms with Crippen molar-refractivity contribution in [3.8, 4) is 5.75 Å². The normalized spacial score (nSPS) is 18.1. The zero-order valence-electron chi connectivity index (χ0n) is 10.6. The number of phenolic OH excluding ortho intramolecular Hbond substituents is 1. The van der Waals surface area contributed by atoms with Crippen molar-refractivity contribution in [2.45, 2.75) is 38.1 Å². The number of benzene rings is 1. The predicted octanol–water partition coefficient (Wildman–Crippen LogP) is 3.69. The smallest absolute Gasteiger partial charge is 0.134 e. The monoisotopic (exact) mass is 242 g/mol. The van der Waals surface area contributed by atoms with Crippen molar-refractivity contribution >= 4 is 16.6 Å². The van der Waals surface area contributed by atoms with Gasteiger partial charge in [0.2, 0.25) is 0 Å². The Balaban J connectivity index is 2.03. The van der Waals surface area contributed by atoms with Gasteiger partial charge in [-0.1, -0.05) is 18.9 Å². The van der Waals surface area contributed by atoms with E-state index in [1.54, 1.807) is 12.1 Å². The number of fused-ring (bicyclic) bond motifs is 1. The minimum atomic E-state index is 0.146. The minimum absolute atomic E-state index is 0.146. The first-order chi connectivity index (χ1) is 8.66. The van der Waals surface area contributed by atoms with Crippen LogP contribution < -0.4 is 5.32 Å². The molecule has 3 rings (SSSR count). The van der Waals surface area contributed by atoms with Crippen molar-refractivity contribution in [2.75, 3.05) is 5.32 Å². The van der Waals surface area contributed by atoms with Gasteiger partial charge in [-0.05, 0) is 43.4 Å². The zero-order chi connectivity index (χ0) is 12.6. The summed E-state index contributed by atoms with van der Waals surface area (Å²) in [4.78, 5) is 4.43. The second kappa shape index (κ2) is 4.16. The zero-order valence-corrected chi connectivity index (χ0v) is 10.6. The molecule has 0 saturated heterocycles. The van der Waals surface area contributed by atoms with Gasteiger partial charge in [-0.25, -0.2) is 4.98 Å². The molecule has 1 saturated carbocycles. The SMILES string of the molecule is CC1(Nc2nccc3ccc(O)cc23)CCCC1. The van der Waals surface area contributed by atoms with E-state index in [1.807, 2.05) is 18.3 Å². The largest absolute Gasteiger partial charge is 0.508 e. The third-order valence-electron chi connectivity index (χ3n) is 3.88. The van der Waals surface area contributed by atoms with E-state index in [0.717, 1.165) is 16.6 Å². The van der Waals surface area contributed by atoms with Gasteiger partial charge in [0, 0.05) is 17.1 Å². The highest BCUT2D eigenvalue weighted by Gasteiger charge is 2.29. The average Bonchev–Trinajstić information content (AvgIpc) is 2.77. The number of anilines is 1. The molecule has 2 aromatic rings. The van der Waals surface area contributed by atoms with Gasteiger partial charge in [-0.2, -0.15) is 0 Å². The molecule has 3 heteroatoms. The number of rotatable bonds is 2. The lowest BCUT2D eigenvalue weighted by Gasteiger charge is -2.26. The summed E-state index contributed by atoms with van der Waals surface area (Å²) in [5.41, 5.74) is 0.146. The quantitative estimate of drug-likeness (QED) is 0.844. The molecule has 18 heavy (non-hydrogen) atoms. The van der Waals surface area contributed by atoms with Crippen LogP contribution in [0, 0.1) is 0 Å². The summed E-state index contributed by atoms with van der Waals surface area (Å²) in [6, 6.07) is 7.39. The Bertz CT molecular complexity index is 574. The summed E-state index contributed by atoms with van der Waals surface area (Å²) >= 11 is 0. The van der Waals surface area contributed by atoms with Crippen molar-refractivity contribution in [3.05, 3.63) is 30.5 Å². The summed E-state index contributed by atoms with van der Waals surface area (Å²) in [6.45, 7) is 2.25. The molecule has 1 aliphatic carbocycles. The van der Waals surface area contributed by atoms with Crippen molar-refractivity contribution in [1.29, 1.82) is 0 Å². The molecule has 2 N–H and O–H groups in total. The number of aromatic hydroxyl groups is 1. The Morgan fingerprint density at radius 3 is 2.78 bits per heavy atom. The van der Waals surface area contributed by atoms with Crippen LogP contribution in [0.2, 0.25) is 0 Å². The molecule has 1 aliphatic rings. The van der Waals surface area contributed by atoms with Crippen LogP contribution in [0.25, 0.3) is 10.8 Å². The van der Waals surface area contributed by atoms with Crippen LogP contribution in [-0.2, 0) is 0 Å². The van der Waals surface area contributed by atoms with Crippen LogP contribution in [0.5, 0.6) is 5.75 Å². The van der Waals surface area contributed by atoms with E-state index < -0.39 is 0 Å². The van der Waals surface area contributed by atoms with Gasteiger partial charge >= 0.3 is 0 Å². The number of hydrogen-bond acceptors (Lipinski definition) is 3. The molecular formula is C15H18N2O. The standard InChI is InChI=1S/C15H18N2O/c1-15(7-2-3-8-15)17-14-13-10-12(18)5-4-11(13)6-9-16-14/h4-6,9-10,18H,2-3,7-8H2,1H3,(H,16,17). The molecule has 0 spiro atoms. The highest BCUT2D eigenvalue weighted by molar-refractivity contribution is 5.92. The van der Waals surface area contributed by atoms with E-state index in [-0.39, 0.29) is 11.3 Å². The highest BCUT2D eigenvalue weighted by atomic mass is 16.3. The first-order valence-corrected chi connectivity index (χ1v) is 6.52. The third kappa shape index (κ3) is 2.01. The maximum atomic E-state index is 9.62. The first kappa shape index (κ1) is 11.3. The van der Waals surface area contributed by atoms with E-state index in [2.05, 4.69) is 17.2 Å². The fourth-order valence-electron chi connectivity index (χ4n) is 2.82. The molecule has 0 atom stereocenters. The second-order valence-corrected chi connectivity index (χ2v) is 5.46. The van der Waals surface area contributed by atoms with Crippen LogP contribution in [0.1, 0.15) is 32.6 Å². The fraction of sp³-hybridized carbons (Fsp3) is 0.400. The molecule has 3 nitrogen and oxygen atoms in total. The topological polar surface area (TPSA) is 45.2 Å². The van der Waals surface area contributed by atoms with Gasteiger partial charge in [0.1, 0.15) is 11.6 Å². The first-order valence-electron chi connectivity index (χ1n) is 6.52. The number of nitrogens with one attached hydrogen (secondary N) is 1. The minimum Gasteiger partial charge on any atom is -0.508 e. The summed E-state index contributed by atoms with van der Waals surface area (Å²) in [7, 11) is 0. The Morgan fingerprint density at radius 2 is 2.00 bits per heavy atom. The van der Waals surface area contributed by atoms with Gasteiger partial charge in [-0.3, -0.25) is 0 Å². The summed E-state index contributed by atoms with van der Waals surface area (Å²) < 4.78 is 0. The average molecular weight is 242 g/mol. The van der Waals surface area contributed by atoms with Gasteiger partial charge in [0.15, 0.2) is 0 Å². The number of nitrogens with zero attached hydrogens (tertiary/aromatic N) is 1. The Kier molecular flexibility index (Phi) is 2.62. The molecule has 1 heterocycles. The van der Waals surface area contributed by atoms with E-state index in [0.29, 0.717) is 0 Å². The highest BCUT2D eigenvalue weighted by Crippen LogP contribution is 2.34. The summed E-state index contributed by atoms with van der Waals surface area (Å²) in [5.74, 6) is 1.17. The summed E-state index contributed by atoms with van der Waals surface area (Å²) in [5, 5.41) is 15.3. The van der Waals surface area contributed by atoms with Crippen molar-refractivity contribution < 1.29 is 5.11 Å². The molecule has 0 amide bonds. The van der Waals surface area contributed by atoms with Gasteiger partial charge in [-0.15, -0.1) is 0 Å². The van der Waals surface area contributed by atoms with Crippen LogP contribution in [-0.4, -0.2) is 15.6 Å². The lowest BCUT2D eigenvalue weighted by atomic mass is 10.0. The summed E-state index contributed by atoms with van der Waals surface area (Å²) in [6.07, 6.45) is 6.74. The maximum absolute atomic E-state index is 9.62. The van der Waals surface area contributed by atoms with Gasteiger partial charge in [0.25, 0.3) is 0 Å². The lowest BCUT2D eigenvalue weighted by Crippen LogP contribution is -2.31. The van der Waals surface area contributed by atoms with E-state index in [1.165, 1.54) is 25.7 Å².